The Hall–Kier alpha value is -2.10. The standard InChI is InChI=1S/C17H18O4/c1-20-14-6-8-15(9-7-14)21-16(19)17(11-18)10-12-2-4-13(17)5-3-12/h2,4,6-9,11-13H,3,5,10H2,1H3/t12-,13+,17+/m1/s1. The number of fused-ring (bicyclic) bond motifs is 2. The van der Waals surface area contributed by atoms with E-state index < -0.39 is 11.4 Å². The van der Waals surface area contributed by atoms with Gasteiger partial charge in [-0.1, -0.05) is 12.2 Å². The molecule has 4 heteroatoms. The average Bonchev–Trinajstić information content (AvgIpc) is 2.56. The van der Waals surface area contributed by atoms with E-state index in [1.165, 1.54) is 0 Å². The molecule has 0 amide bonds. The lowest BCUT2D eigenvalue weighted by Gasteiger charge is -2.42. The van der Waals surface area contributed by atoms with E-state index in [2.05, 4.69) is 6.08 Å². The van der Waals surface area contributed by atoms with Gasteiger partial charge in [0.25, 0.3) is 0 Å². The van der Waals surface area contributed by atoms with E-state index in [9.17, 15) is 9.59 Å². The first-order valence-corrected chi connectivity index (χ1v) is 7.19. The number of hydrogen-bond donors (Lipinski definition) is 0. The van der Waals surface area contributed by atoms with Gasteiger partial charge in [0.1, 0.15) is 23.2 Å². The third-order valence-corrected chi connectivity index (χ3v) is 4.59. The second kappa shape index (κ2) is 5.35. The molecule has 0 heterocycles. The predicted octanol–water partition coefficient (Wildman–Crippen LogP) is 2.77. The van der Waals surface area contributed by atoms with Crippen molar-refractivity contribution in [2.24, 2.45) is 17.3 Å². The summed E-state index contributed by atoms with van der Waals surface area (Å²) >= 11 is 0. The molecule has 1 saturated carbocycles. The Morgan fingerprint density at radius 1 is 1.19 bits per heavy atom. The van der Waals surface area contributed by atoms with E-state index in [1.54, 1.807) is 31.4 Å². The van der Waals surface area contributed by atoms with E-state index in [0.29, 0.717) is 23.8 Å². The lowest BCUT2D eigenvalue weighted by molar-refractivity contribution is -0.154. The highest BCUT2D eigenvalue weighted by Crippen LogP contribution is 2.48. The molecule has 0 aliphatic heterocycles. The van der Waals surface area contributed by atoms with Gasteiger partial charge < -0.3 is 14.3 Å². The van der Waals surface area contributed by atoms with Crippen LogP contribution in [0.25, 0.3) is 0 Å². The topological polar surface area (TPSA) is 52.6 Å². The summed E-state index contributed by atoms with van der Waals surface area (Å²) in [6.07, 6.45) is 7.40. The summed E-state index contributed by atoms with van der Waals surface area (Å²) in [6, 6.07) is 6.80. The fraction of sp³-hybridized carbons (Fsp3) is 0.412. The van der Waals surface area contributed by atoms with Crippen LogP contribution in [0.4, 0.5) is 0 Å². The van der Waals surface area contributed by atoms with Gasteiger partial charge in [0.15, 0.2) is 0 Å². The Kier molecular flexibility index (Phi) is 3.53. The third kappa shape index (κ3) is 2.35. The van der Waals surface area contributed by atoms with E-state index in [-0.39, 0.29) is 5.92 Å². The van der Waals surface area contributed by atoms with E-state index in [0.717, 1.165) is 19.1 Å². The van der Waals surface area contributed by atoms with E-state index >= 15 is 0 Å². The maximum absolute atomic E-state index is 12.5. The summed E-state index contributed by atoms with van der Waals surface area (Å²) in [6.45, 7) is 0. The second-order valence-corrected chi connectivity index (χ2v) is 5.76. The molecule has 110 valence electrons. The molecule has 3 aliphatic rings. The summed E-state index contributed by atoms with van der Waals surface area (Å²) in [4.78, 5) is 24.2. The monoisotopic (exact) mass is 286 g/mol. The number of carbonyl (C=O) groups excluding carboxylic acids is 2. The average molecular weight is 286 g/mol. The van der Waals surface area contributed by atoms with Crippen molar-refractivity contribution in [3.05, 3.63) is 36.4 Å². The molecule has 3 aliphatic carbocycles. The normalized spacial score (nSPS) is 30.0. The van der Waals surface area contributed by atoms with Crippen LogP contribution in [0.1, 0.15) is 19.3 Å². The van der Waals surface area contributed by atoms with Crippen molar-refractivity contribution in [2.75, 3.05) is 7.11 Å². The van der Waals surface area contributed by atoms with E-state index in [1.807, 2.05) is 6.08 Å². The Morgan fingerprint density at radius 2 is 1.90 bits per heavy atom. The first kappa shape index (κ1) is 13.9. The molecule has 0 spiro atoms. The molecule has 1 aromatic carbocycles. The summed E-state index contributed by atoms with van der Waals surface area (Å²) in [5, 5.41) is 0. The zero-order chi connectivity index (χ0) is 14.9. The maximum Gasteiger partial charge on any atom is 0.325 e. The summed E-state index contributed by atoms with van der Waals surface area (Å²) in [5.41, 5.74) is -1.02. The number of hydrogen-bond acceptors (Lipinski definition) is 4. The van der Waals surface area contributed by atoms with Crippen LogP contribution >= 0.6 is 0 Å². The highest BCUT2D eigenvalue weighted by Gasteiger charge is 2.52. The van der Waals surface area contributed by atoms with Crippen LogP contribution in [0.15, 0.2) is 36.4 Å². The van der Waals surface area contributed by atoms with Crippen molar-refractivity contribution >= 4 is 12.3 Å². The molecule has 1 fully saturated rings. The molecule has 0 saturated heterocycles. The van der Waals surface area contributed by atoms with Gasteiger partial charge in [-0.2, -0.15) is 0 Å². The van der Waals surface area contributed by atoms with Crippen LogP contribution in [-0.2, 0) is 9.59 Å². The quantitative estimate of drug-likeness (QED) is 0.281. The lowest BCUT2D eigenvalue weighted by Crippen LogP contribution is -2.48. The Balaban J connectivity index is 1.80. The molecular formula is C17H18O4. The highest BCUT2D eigenvalue weighted by atomic mass is 16.5. The van der Waals surface area contributed by atoms with Gasteiger partial charge in [0.2, 0.25) is 0 Å². The van der Waals surface area contributed by atoms with Gasteiger partial charge in [-0.3, -0.25) is 4.79 Å². The first-order valence-electron chi connectivity index (χ1n) is 7.19. The Morgan fingerprint density at radius 3 is 2.38 bits per heavy atom. The number of esters is 1. The minimum absolute atomic E-state index is 0.0363. The van der Waals surface area contributed by atoms with Crippen molar-refractivity contribution in [1.29, 1.82) is 0 Å². The van der Waals surface area contributed by atoms with Crippen LogP contribution in [-0.4, -0.2) is 19.4 Å². The third-order valence-electron chi connectivity index (χ3n) is 4.59. The Labute approximate surface area is 123 Å². The Bertz CT molecular complexity index is 575. The smallest absolute Gasteiger partial charge is 0.325 e. The van der Waals surface area contributed by atoms with Gasteiger partial charge in [0.05, 0.1) is 7.11 Å². The van der Waals surface area contributed by atoms with Crippen LogP contribution in [0.2, 0.25) is 0 Å². The molecule has 21 heavy (non-hydrogen) atoms. The number of methoxy groups -OCH3 is 1. The number of carbonyl (C=O) groups is 2. The van der Waals surface area contributed by atoms with Crippen molar-refractivity contribution in [3.8, 4) is 11.5 Å². The van der Waals surface area contributed by atoms with Crippen molar-refractivity contribution < 1.29 is 19.1 Å². The maximum atomic E-state index is 12.5. The molecule has 0 N–H and O–H groups in total. The number of allylic oxidation sites excluding steroid dienone is 2. The van der Waals surface area contributed by atoms with Gasteiger partial charge in [-0.05, 0) is 55.4 Å². The second-order valence-electron chi connectivity index (χ2n) is 5.76. The van der Waals surface area contributed by atoms with Crippen LogP contribution in [0, 0.1) is 17.3 Å². The molecular weight excluding hydrogens is 268 g/mol. The molecule has 3 atom stereocenters. The molecule has 1 aromatic rings. The van der Waals surface area contributed by atoms with Gasteiger partial charge in [0, 0.05) is 0 Å². The van der Waals surface area contributed by atoms with Gasteiger partial charge >= 0.3 is 5.97 Å². The number of benzene rings is 1. The fourth-order valence-electron chi connectivity index (χ4n) is 3.33. The number of aldehydes is 1. The first-order chi connectivity index (χ1) is 10.2. The number of ether oxygens (including phenoxy) is 2. The van der Waals surface area contributed by atoms with Gasteiger partial charge in [-0.15, -0.1) is 0 Å². The zero-order valence-electron chi connectivity index (χ0n) is 12.0. The van der Waals surface area contributed by atoms with Crippen LogP contribution in [0.3, 0.4) is 0 Å². The highest BCUT2D eigenvalue weighted by molar-refractivity contribution is 5.95. The van der Waals surface area contributed by atoms with Crippen molar-refractivity contribution in [1.82, 2.24) is 0 Å². The minimum Gasteiger partial charge on any atom is -0.497 e. The summed E-state index contributed by atoms with van der Waals surface area (Å²) in [7, 11) is 1.58. The molecule has 4 nitrogen and oxygen atoms in total. The van der Waals surface area contributed by atoms with Crippen LogP contribution in [0.5, 0.6) is 11.5 Å². The zero-order valence-corrected chi connectivity index (χ0v) is 12.0. The lowest BCUT2D eigenvalue weighted by atomic mass is 9.60. The van der Waals surface area contributed by atoms with Gasteiger partial charge in [-0.25, -0.2) is 0 Å². The fourth-order valence-corrected chi connectivity index (χ4v) is 3.33. The predicted molar refractivity (Wildman–Crippen MR) is 77.1 cm³/mol. The largest absolute Gasteiger partial charge is 0.497 e. The molecule has 2 bridgehead atoms. The summed E-state index contributed by atoms with van der Waals surface area (Å²) in [5.74, 6) is 0.961. The summed E-state index contributed by atoms with van der Waals surface area (Å²) < 4.78 is 10.5. The van der Waals surface area contributed by atoms with Crippen molar-refractivity contribution in [2.45, 2.75) is 19.3 Å². The van der Waals surface area contributed by atoms with Crippen LogP contribution < -0.4 is 9.47 Å². The minimum atomic E-state index is -1.02. The number of rotatable bonds is 4. The molecule has 0 unspecified atom stereocenters. The molecule has 0 aromatic heterocycles. The SMILES string of the molecule is COc1ccc(OC(=O)[C@]2(C=O)C[C@@H]3C=C[C@H]2CC3)cc1. The van der Waals surface area contributed by atoms with E-state index in [4.69, 9.17) is 9.47 Å². The molecule has 4 rings (SSSR count). The molecule has 0 radical (unpaired) electrons. The van der Waals surface area contributed by atoms with Crippen molar-refractivity contribution in [3.63, 3.8) is 0 Å².